The first-order valence-corrected chi connectivity index (χ1v) is 12.7. The molecule has 0 aliphatic rings. The smallest absolute Gasteiger partial charge is 0.137 e. The highest BCUT2D eigenvalue weighted by molar-refractivity contribution is 6.16. The molecule has 0 saturated carbocycles. The Morgan fingerprint density at radius 2 is 0.903 bits per heavy atom. The zero-order valence-electron chi connectivity index (χ0n) is 20.3. The number of anilines is 2. The van der Waals surface area contributed by atoms with E-state index in [-0.39, 0.29) is 0 Å². The Balaban J connectivity index is 2.15. The molecule has 170 valence electrons. The van der Waals surface area contributed by atoms with E-state index in [4.69, 9.17) is 4.42 Å². The highest BCUT2D eigenvalue weighted by Gasteiger charge is 2.20. The molecule has 0 saturated heterocycles. The van der Waals surface area contributed by atoms with E-state index in [1.165, 1.54) is 73.5 Å². The molecule has 0 aliphatic carbocycles. The number of hydrogen-bond acceptors (Lipinski definition) is 3. The van der Waals surface area contributed by atoms with E-state index < -0.39 is 0 Å². The number of fused-ring (bicyclic) bond motifs is 3. The van der Waals surface area contributed by atoms with Gasteiger partial charge < -0.3 is 14.2 Å². The van der Waals surface area contributed by atoms with Crippen LogP contribution in [0.5, 0.6) is 0 Å². The van der Waals surface area contributed by atoms with Crippen LogP contribution in [0.4, 0.5) is 11.4 Å². The molecule has 0 radical (unpaired) electrons. The molecule has 0 atom stereocenters. The summed E-state index contributed by atoms with van der Waals surface area (Å²) in [5.74, 6) is 0. The van der Waals surface area contributed by atoms with E-state index in [2.05, 4.69) is 73.9 Å². The van der Waals surface area contributed by atoms with Gasteiger partial charge in [0.05, 0.1) is 10.8 Å². The molecule has 3 rings (SSSR count). The van der Waals surface area contributed by atoms with Crippen molar-refractivity contribution >= 4 is 33.3 Å². The Labute approximate surface area is 189 Å². The number of furan rings is 1. The van der Waals surface area contributed by atoms with Gasteiger partial charge in [-0.1, -0.05) is 65.5 Å². The minimum Gasteiger partial charge on any atom is -0.456 e. The Kier molecular flexibility index (Phi) is 9.12. The van der Waals surface area contributed by atoms with Gasteiger partial charge in [0, 0.05) is 37.6 Å². The molecule has 0 unspecified atom stereocenters. The van der Waals surface area contributed by atoms with Gasteiger partial charge in [-0.2, -0.15) is 0 Å². The van der Waals surface area contributed by atoms with Crippen molar-refractivity contribution in [3.8, 4) is 0 Å². The third-order valence-electron chi connectivity index (χ3n) is 6.29. The van der Waals surface area contributed by atoms with Crippen molar-refractivity contribution in [1.29, 1.82) is 0 Å². The second kappa shape index (κ2) is 12.0. The van der Waals surface area contributed by atoms with Gasteiger partial charge in [-0.3, -0.25) is 0 Å². The third kappa shape index (κ3) is 5.56. The van der Waals surface area contributed by atoms with E-state index in [0.717, 1.165) is 37.3 Å². The SMILES string of the molecule is CCCCN(CCCC)c1cccc2oc3cccc(N(CCCC)CCCC)c3c12. The number of rotatable bonds is 14. The van der Waals surface area contributed by atoms with E-state index in [1.807, 2.05) is 0 Å². The molecule has 0 spiro atoms. The highest BCUT2D eigenvalue weighted by atomic mass is 16.3. The van der Waals surface area contributed by atoms with Crippen molar-refractivity contribution in [3.63, 3.8) is 0 Å². The van der Waals surface area contributed by atoms with Crippen molar-refractivity contribution in [3.05, 3.63) is 36.4 Å². The van der Waals surface area contributed by atoms with Crippen LogP contribution in [0.1, 0.15) is 79.1 Å². The summed E-state index contributed by atoms with van der Waals surface area (Å²) < 4.78 is 6.40. The number of nitrogens with zero attached hydrogens (tertiary/aromatic N) is 2. The van der Waals surface area contributed by atoms with Gasteiger partial charge in [0.15, 0.2) is 0 Å². The van der Waals surface area contributed by atoms with Crippen LogP contribution in [0.2, 0.25) is 0 Å². The summed E-state index contributed by atoms with van der Waals surface area (Å²) in [6.07, 6.45) is 9.78. The molecular weight excluding hydrogens is 380 g/mol. The molecule has 0 amide bonds. The molecule has 0 aliphatic heterocycles. The lowest BCUT2D eigenvalue weighted by Crippen LogP contribution is -2.26. The van der Waals surface area contributed by atoms with E-state index >= 15 is 0 Å². The van der Waals surface area contributed by atoms with E-state index in [0.29, 0.717) is 0 Å². The van der Waals surface area contributed by atoms with Crippen LogP contribution in [0.3, 0.4) is 0 Å². The van der Waals surface area contributed by atoms with Crippen LogP contribution >= 0.6 is 0 Å². The molecular formula is C28H42N2O. The number of benzene rings is 2. The average Bonchev–Trinajstić information content (AvgIpc) is 3.18. The lowest BCUT2D eigenvalue weighted by molar-refractivity contribution is 0.665. The topological polar surface area (TPSA) is 19.6 Å². The van der Waals surface area contributed by atoms with Crippen LogP contribution < -0.4 is 9.80 Å². The first-order chi connectivity index (χ1) is 15.2. The van der Waals surface area contributed by atoms with Crippen molar-refractivity contribution in [2.24, 2.45) is 0 Å². The monoisotopic (exact) mass is 422 g/mol. The maximum absolute atomic E-state index is 6.40. The van der Waals surface area contributed by atoms with Gasteiger partial charge in [0.1, 0.15) is 11.2 Å². The fourth-order valence-corrected chi connectivity index (χ4v) is 4.46. The summed E-state index contributed by atoms with van der Waals surface area (Å²) in [4.78, 5) is 5.20. The van der Waals surface area contributed by atoms with Crippen molar-refractivity contribution in [1.82, 2.24) is 0 Å². The van der Waals surface area contributed by atoms with Gasteiger partial charge in [0.25, 0.3) is 0 Å². The van der Waals surface area contributed by atoms with Gasteiger partial charge in [-0.05, 0) is 49.9 Å². The van der Waals surface area contributed by atoms with Gasteiger partial charge >= 0.3 is 0 Å². The van der Waals surface area contributed by atoms with Crippen LogP contribution in [-0.2, 0) is 0 Å². The van der Waals surface area contributed by atoms with Crippen LogP contribution in [0.15, 0.2) is 40.8 Å². The van der Waals surface area contributed by atoms with Gasteiger partial charge in [-0.25, -0.2) is 0 Å². The van der Waals surface area contributed by atoms with Gasteiger partial charge in [-0.15, -0.1) is 0 Å². The lowest BCUT2D eigenvalue weighted by Gasteiger charge is -2.27. The van der Waals surface area contributed by atoms with Crippen molar-refractivity contribution in [2.75, 3.05) is 36.0 Å². The van der Waals surface area contributed by atoms with E-state index in [1.54, 1.807) is 0 Å². The second-order valence-corrected chi connectivity index (χ2v) is 8.79. The van der Waals surface area contributed by atoms with Crippen molar-refractivity contribution < 1.29 is 4.42 Å². The standard InChI is InChI=1S/C28H42N2O/c1-5-9-19-29(20-10-6-2)23-15-13-17-25-27(23)28-24(16-14-18-26(28)31-25)30(21-11-7-3)22-12-8-4/h13-18H,5-12,19-22H2,1-4H3. The minimum absolute atomic E-state index is 1.02. The first kappa shape index (κ1) is 23.5. The number of unbranched alkanes of at least 4 members (excludes halogenated alkanes) is 4. The molecule has 1 heterocycles. The minimum atomic E-state index is 1.02. The molecule has 0 bridgehead atoms. The van der Waals surface area contributed by atoms with Crippen LogP contribution in [0, 0.1) is 0 Å². The van der Waals surface area contributed by atoms with Crippen LogP contribution in [-0.4, -0.2) is 26.2 Å². The Bertz CT molecular complexity index is 839. The Morgan fingerprint density at radius 1 is 0.548 bits per heavy atom. The highest BCUT2D eigenvalue weighted by Crippen LogP contribution is 2.41. The summed E-state index contributed by atoms with van der Waals surface area (Å²) in [7, 11) is 0. The normalized spacial score (nSPS) is 11.5. The second-order valence-electron chi connectivity index (χ2n) is 8.79. The largest absolute Gasteiger partial charge is 0.456 e. The fraction of sp³-hybridized carbons (Fsp3) is 0.571. The maximum atomic E-state index is 6.40. The quantitative estimate of drug-likeness (QED) is 0.260. The first-order valence-electron chi connectivity index (χ1n) is 12.7. The zero-order chi connectivity index (χ0) is 22.1. The predicted octanol–water partition coefficient (Wildman–Crippen LogP) is 8.40. The summed E-state index contributed by atoms with van der Waals surface area (Å²) in [6.45, 7) is 13.6. The van der Waals surface area contributed by atoms with E-state index in [9.17, 15) is 0 Å². The molecule has 3 aromatic rings. The molecule has 2 aromatic carbocycles. The van der Waals surface area contributed by atoms with Crippen molar-refractivity contribution in [2.45, 2.75) is 79.1 Å². The predicted molar refractivity (Wildman–Crippen MR) is 138 cm³/mol. The summed E-state index contributed by atoms with van der Waals surface area (Å²) in [5, 5.41) is 2.61. The summed E-state index contributed by atoms with van der Waals surface area (Å²) >= 11 is 0. The zero-order valence-corrected chi connectivity index (χ0v) is 20.3. The summed E-state index contributed by atoms with van der Waals surface area (Å²) in [6, 6.07) is 13.2. The Hall–Kier alpha value is -2.16. The third-order valence-corrected chi connectivity index (χ3v) is 6.29. The molecule has 31 heavy (non-hydrogen) atoms. The molecule has 0 N–H and O–H groups in total. The molecule has 0 fully saturated rings. The molecule has 1 aromatic heterocycles. The Morgan fingerprint density at radius 3 is 1.23 bits per heavy atom. The molecule has 3 nitrogen and oxygen atoms in total. The maximum Gasteiger partial charge on any atom is 0.137 e. The summed E-state index contributed by atoms with van der Waals surface area (Å²) in [5.41, 5.74) is 4.72. The molecule has 3 heteroatoms. The average molecular weight is 423 g/mol. The van der Waals surface area contributed by atoms with Gasteiger partial charge in [0.2, 0.25) is 0 Å². The number of hydrogen-bond donors (Lipinski definition) is 0. The lowest BCUT2D eigenvalue weighted by atomic mass is 10.1. The van der Waals surface area contributed by atoms with Crippen LogP contribution in [0.25, 0.3) is 21.9 Å². The fourth-order valence-electron chi connectivity index (χ4n) is 4.46.